The highest BCUT2D eigenvalue weighted by Gasteiger charge is 2.56. The SMILES string of the molecule is CCC(NC(=O)[C@H](CC(C)C)NC(=O)OCC1c2ccccc2-c2ccccc21)B1OC(C)(C)C(C)(CCC(C)CC(=O)O)O1. The summed E-state index contributed by atoms with van der Waals surface area (Å²) in [7, 11) is -0.692. The van der Waals surface area contributed by atoms with Gasteiger partial charge in [0.25, 0.3) is 0 Å². The highest BCUT2D eigenvalue weighted by atomic mass is 16.7. The second kappa shape index (κ2) is 14.4. The molecule has 1 fully saturated rings. The lowest BCUT2D eigenvalue weighted by Gasteiger charge is -2.37. The van der Waals surface area contributed by atoms with E-state index in [9.17, 15) is 14.4 Å². The Morgan fingerprint density at radius 1 is 0.956 bits per heavy atom. The third kappa shape index (κ3) is 8.08. The predicted molar refractivity (Wildman–Crippen MR) is 175 cm³/mol. The molecule has 0 saturated carbocycles. The minimum Gasteiger partial charge on any atom is -0.481 e. The van der Waals surface area contributed by atoms with E-state index in [-0.39, 0.29) is 36.7 Å². The number of amides is 2. The molecule has 4 atom stereocenters. The Bertz CT molecular complexity index is 1320. The number of carboxylic acids is 1. The molecule has 0 radical (unpaired) electrons. The summed E-state index contributed by atoms with van der Waals surface area (Å²) in [5, 5.41) is 15.0. The number of nitrogens with one attached hydrogen (secondary N) is 2. The van der Waals surface area contributed by atoms with Crippen LogP contribution in [0.5, 0.6) is 0 Å². The molecule has 0 aromatic heterocycles. The molecule has 2 aromatic carbocycles. The normalized spacial score (nSPS) is 20.7. The van der Waals surface area contributed by atoms with Crippen molar-refractivity contribution >= 4 is 25.1 Å². The molecular formula is C35H49BN2O7. The van der Waals surface area contributed by atoms with Crippen LogP contribution in [0.4, 0.5) is 4.79 Å². The monoisotopic (exact) mass is 620 g/mol. The van der Waals surface area contributed by atoms with Gasteiger partial charge in [-0.2, -0.15) is 0 Å². The molecule has 4 rings (SSSR count). The Hall–Kier alpha value is -3.37. The molecule has 9 nitrogen and oxygen atoms in total. The van der Waals surface area contributed by atoms with E-state index in [1.165, 1.54) is 0 Å². The molecule has 244 valence electrons. The van der Waals surface area contributed by atoms with Crippen molar-refractivity contribution in [2.75, 3.05) is 6.61 Å². The summed E-state index contributed by atoms with van der Waals surface area (Å²) in [6.07, 6.45) is 1.74. The molecule has 10 heteroatoms. The number of hydrogen-bond acceptors (Lipinski definition) is 6. The van der Waals surface area contributed by atoms with Crippen LogP contribution in [-0.4, -0.2) is 60.0 Å². The summed E-state index contributed by atoms with van der Waals surface area (Å²) in [6.45, 7) is 13.9. The number of fused-ring (bicyclic) bond motifs is 3. The number of alkyl carbamates (subject to hydrolysis) is 1. The van der Waals surface area contributed by atoms with Crippen LogP contribution >= 0.6 is 0 Å². The molecule has 45 heavy (non-hydrogen) atoms. The maximum Gasteiger partial charge on any atom is 0.481 e. The van der Waals surface area contributed by atoms with Crippen LogP contribution in [0.3, 0.4) is 0 Å². The summed E-state index contributed by atoms with van der Waals surface area (Å²) in [5.41, 5.74) is 3.22. The molecule has 2 aromatic rings. The Morgan fingerprint density at radius 3 is 2.11 bits per heavy atom. The molecule has 3 N–H and O–H groups in total. The van der Waals surface area contributed by atoms with Crippen molar-refractivity contribution in [1.82, 2.24) is 10.6 Å². The van der Waals surface area contributed by atoms with Gasteiger partial charge in [0.2, 0.25) is 5.91 Å². The molecule has 0 bridgehead atoms. The molecule has 0 spiro atoms. The van der Waals surface area contributed by atoms with Gasteiger partial charge in [-0.25, -0.2) is 4.79 Å². The number of rotatable bonds is 14. The van der Waals surface area contributed by atoms with E-state index in [1.54, 1.807) is 0 Å². The highest BCUT2D eigenvalue weighted by Crippen LogP contribution is 2.45. The van der Waals surface area contributed by atoms with Gasteiger partial charge in [-0.1, -0.05) is 76.2 Å². The first-order valence-corrected chi connectivity index (χ1v) is 16.2. The topological polar surface area (TPSA) is 123 Å². The number of benzene rings is 2. The van der Waals surface area contributed by atoms with Crippen molar-refractivity contribution in [2.24, 2.45) is 11.8 Å². The van der Waals surface area contributed by atoms with E-state index < -0.39 is 42.4 Å². The molecule has 1 aliphatic heterocycles. The van der Waals surface area contributed by atoms with E-state index in [0.717, 1.165) is 22.3 Å². The molecule has 1 aliphatic carbocycles. The first-order valence-electron chi connectivity index (χ1n) is 16.2. The van der Waals surface area contributed by atoms with E-state index in [0.29, 0.717) is 25.7 Å². The van der Waals surface area contributed by atoms with Crippen LogP contribution in [-0.2, 0) is 23.6 Å². The molecule has 2 aliphatic rings. The van der Waals surface area contributed by atoms with Gasteiger partial charge < -0.3 is 29.8 Å². The standard InChI is InChI=1S/C35H49BN2O7/c1-8-30(36-44-34(5,6)35(7,45-36)18-17-23(4)20-31(39)40)38-32(41)29(19-22(2)3)37-33(42)43-21-28-26-15-11-9-13-24(26)25-14-10-12-16-27(25)28/h9-16,22-23,28-30H,8,17-21H2,1-7H3,(H,37,42)(H,38,41)(H,39,40)/t23?,29-,30?,35?/m0/s1. The number of carbonyl (C=O) groups is 3. The van der Waals surface area contributed by atoms with E-state index >= 15 is 0 Å². The fourth-order valence-electron chi connectivity index (χ4n) is 6.41. The highest BCUT2D eigenvalue weighted by molar-refractivity contribution is 6.48. The summed E-state index contributed by atoms with van der Waals surface area (Å²) >= 11 is 0. The number of carboxylic acid groups (broad SMARTS) is 1. The Morgan fingerprint density at radius 2 is 1.56 bits per heavy atom. The Labute approximate surface area is 267 Å². The average molecular weight is 621 g/mol. The third-order valence-electron chi connectivity index (χ3n) is 9.45. The predicted octanol–water partition coefficient (Wildman–Crippen LogP) is 6.34. The number of aliphatic carboxylic acids is 1. The lowest BCUT2D eigenvalue weighted by Crippen LogP contribution is -2.54. The van der Waals surface area contributed by atoms with E-state index in [2.05, 4.69) is 34.9 Å². The van der Waals surface area contributed by atoms with Crippen LogP contribution in [0.1, 0.15) is 97.6 Å². The van der Waals surface area contributed by atoms with Gasteiger partial charge in [-0.05, 0) is 80.5 Å². The maximum absolute atomic E-state index is 13.6. The lowest BCUT2D eigenvalue weighted by molar-refractivity contribution is -0.138. The maximum atomic E-state index is 13.6. The van der Waals surface area contributed by atoms with Crippen LogP contribution in [0.25, 0.3) is 11.1 Å². The van der Waals surface area contributed by atoms with Crippen molar-refractivity contribution in [2.45, 2.75) is 110 Å². The lowest BCUT2D eigenvalue weighted by atomic mass is 9.76. The van der Waals surface area contributed by atoms with Crippen molar-refractivity contribution in [3.63, 3.8) is 0 Å². The number of ether oxygens (including phenoxy) is 1. The summed E-state index contributed by atoms with van der Waals surface area (Å²) in [6, 6.07) is 15.5. The molecular weight excluding hydrogens is 571 g/mol. The minimum atomic E-state index is -0.815. The van der Waals surface area contributed by atoms with Crippen LogP contribution in [0.15, 0.2) is 48.5 Å². The fraction of sp³-hybridized carbons (Fsp3) is 0.571. The van der Waals surface area contributed by atoms with Gasteiger partial charge in [-0.15, -0.1) is 0 Å². The number of carbonyl (C=O) groups excluding carboxylic acids is 2. The molecule has 2 amide bonds. The smallest absolute Gasteiger partial charge is 0.481 e. The van der Waals surface area contributed by atoms with Crippen LogP contribution < -0.4 is 10.6 Å². The van der Waals surface area contributed by atoms with Gasteiger partial charge >= 0.3 is 19.2 Å². The zero-order valence-electron chi connectivity index (χ0n) is 27.7. The molecule has 3 unspecified atom stereocenters. The quantitative estimate of drug-likeness (QED) is 0.211. The third-order valence-corrected chi connectivity index (χ3v) is 9.45. The summed E-state index contributed by atoms with van der Waals surface area (Å²) < 4.78 is 18.6. The van der Waals surface area contributed by atoms with Crippen molar-refractivity contribution in [1.29, 1.82) is 0 Å². The van der Waals surface area contributed by atoms with Crippen molar-refractivity contribution in [3.8, 4) is 11.1 Å². The van der Waals surface area contributed by atoms with Crippen LogP contribution in [0, 0.1) is 11.8 Å². The first-order chi connectivity index (χ1) is 21.2. The van der Waals surface area contributed by atoms with Gasteiger partial charge in [0, 0.05) is 12.3 Å². The zero-order chi connectivity index (χ0) is 32.9. The van der Waals surface area contributed by atoms with Crippen molar-refractivity contribution in [3.05, 3.63) is 59.7 Å². The van der Waals surface area contributed by atoms with Gasteiger partial charge in [0.05, 0.1) is 17.1 Å². The molecule has 1 heterocycles. The fourth-order valence-corrected chi connectivity index (χ4v) is 6.41. The zero-order valence-corrected chi connectivity index (χ0v) is 27.7. The van der Waals surface area contributed by atoms with Gasteiger partial charge in [-0.3, -0.25) is 9.59 Å². The Kier molecular flexibility index (Phi) is 11.0. The van der Waals surface area contributed by atoms with Gasteiger partial charge in [0.1, 0.15) is 12.6 Å². The summed E-state index contributed by atoms with van der Waals surface area (Å²) in [5.74, 6) is -1.52. The van der Waals surface area contributed by atoms with Crippen molar-refractivity contribution < 1.29 is 33.5 Å². The summed E-state index contributed by atoms with van der Waals surface area (Å²) in [4.78, 5) is 37.9. The minimum absolute atomic E-state index is 0.000211. The van der Waals surface area contributed by atoms with E-state index in [1.807, 2.05) is 72.7 Å². The second-order valence-corrected chi connectivity index (χ2v) is 13.8. The second-order valence-electron chi connectivity index (χ2n) is 13.8. The first kappa shape index (κ1) is 34.5. The van der Waals surface area contributed by atoms with E-state index in [4.69, 9.17) is 19.2 Å². The van der Waals surface area contributed by atoms with Crippen LogP contribution in [0.2, 0.25) is 0 Å². The Balaban J connectivity index is 1.38. The average Bonchev–Trinajstić information content (AvgIpc) is 3.42. The largest absolute Gasteiger partial charge is 0.481 e. The van der Waals surface area contributed by atoms with Gasteiger partial charge in [0.15, 0.2) is 0 Å². The molecule has 1 saturated heterocycles. The number of hydrogen-bond donors (Lipinski definition) is 3.